The van der Waals surface area contributed by atoms with Gasteiger partial charge in [0.15, 0.2) is 12.4 Å². The van der Waals surface area contributed by atoms with E-state index >= 15 is 0 Å². The molecule has 3 heteroatoms. The number of hydrogen-bond donors (Lipinski definition) is 0. The van der Waals surface area contributed by atoms with E-state index in [-0.39, 0.29) is 17.9 Å². The zero-order chi connectivity index (χ0) is 8.81. The lowest BCUT2D eigenvalue weighted by molar-refractivity contribution is -0.697. The van der Waals surface area contributed by atoms with Gasteiger partial charge in [0, 0.05) is 18.6 Å². The van der Waals surface area contributed by atoms with Crippen molar-refractivity contribution in [2.24, 2.45) is 0 Å². The molecule has 0 atom stereocenters. The molecule has 0 unspecified atom stereocenters. The lowest BCUT2D eigenvalue weighted by Crippen LogP contribution is -3.00. The zero-order valence-electron chi connectivity index (χ0n) is 8.54. The topological polar surface area (TPSA) is 35.4 Å². The van der Waals surface area contributed by atoms with Crippen molar-refractivity contribution in [1.29, 1.82) is 0 Å². The molecule has 80 valence electrons. The van der Waals surface area contributed by atoms with Crippen LogP contribution in [-0.4, -0.2) is 5.48 Å². The summed E-state index contributed by atoms with van der Waals surface area (Å²) < 4.78 is 2.20. The Bertz CT molecular complexity index is 246. The second-order valence-electron chi connectivity index (χ2n) is 2.93. The number of halogens is 1. The smallest absolute Gasteiger partial charge is 0.169 e. The molecule has 14 heavy (non-hydrogen) atoms. The molecule has 0 amide bonds. The van der Waals surface area contributed by atoms with Gasteiger partial charge in [-0.1, -0.05) is 26.0 Å². The first-order valence-corrected chi connectivity index (χ1v) is 4.48. The van der Waals surface area contributed by atoms with E-state index in [0.717, 1.165) is 6.54 Å². The SMILES string of the molecule is C=Cc1cc[n+](CCCC)cc1.O.[Cl-]. The average Bonchev–Trinajstić information content (AvgIpc) is 2.15. The third-order valence-corrected chi connectivity index (χ3v) is 1.92. The first-order chi connectivity index (χ1) is 5.86. The predicted octanol–water partition coefficient (Wildman–Crippen LogP) is -1.40. The minimum atomic E-state index is 0. The van der Waals surface area contributed by atoms with Gasteiger partial charge in [-0.15, -0.1) is 0 Å². The van der Waals surface area contributed by atoms with Gasteiger partial charge in [0.05, 0.1) is 0 Å². The molecule has 1 aromatic rings. The zero-order valence-corrected chi connectivity index (χ0v) is 9.30. The van der Waals surface area contributed by atoms with Crippen LogP contribution in [0.1, 0.15) is 25.3 Å². The maximum absolute atomic E-state index is 3.71. The van der Waals surface area contributed by atoms with Crippen LogP contribution in [0.5, 0.6) is 0 Å². The third-order valence-electron chi connectivity index (χ3n) is 1.92. The first-order valence-electron chi connectivity index (χ1n) is 4.48. The quantitative estimate of drug-likeness (QED) is 0.554. The van der Waals surface area contributed by atoms with E-state index in [2.05, 4.69) is 42.6 Å². The van der Waals surface area contributed by atoms with Crippen LogP contribution in [0.4, 0.5) is 0 Å². The summed E-state index contributed by atoms with van der Waals surface area (Å²) in [7, 11) is 0. The van der Waals surface area contributed by atoms with Crippen LogP contribution in [0, 0.1) is 0 Å². The molecular formula is C11H18ClNO. The second-order valence-corrected chi connectivity index (χ2v) is 2.93. The van der Waals surface area contributed by atoms with Gasteiger partial charge >= 0.3 is 0 Å². The molecule has 0 aliphatic carbocycles. The average molecular weight is 216 g/mol. The van der Waals surface area contributed by atoms with Crippen molar-refractivity contribution >= 4 is 6.08 Å². The summed E-state index contributed by atoms with van der Waals surface area (Å²) in [6.45, 7) is 7.04. The molecule has 1 rings (SSSR count). The lowest BCUT2D eigenvalue weighted by atomic mass is 10.2. The van der Waals surface area contributed by atoms with Crippen molar-refractivity contribution in [2.45, 2.75) is 26.3 Å². The minimum Gasteiger partial charge on any atom is -1.00 e. The van der Waals surface area contributed by atoms with Crippen LogP contribution >= 0.6 is 0 Å². The van der Waals surface area contributed by atoms with Gasteiger partial charge in [0.1, 0.15) is 6.54 Å². The van der Waals surface area contributed by atoms with Gasteiger partial charge in [0.25, 0.3) is 0 Å². The fourth-order valence-corrected chi connectivity index (χ4v) is 1.09. The highest BCUT2D eigenvalue weighted by Gasteiger charge is 1.96. The molecule has 0 aromatic carbocycles. The summed E-state index contributed by atoms with van der Waals surface area (Å²) in [4.78, 5) is 0. The molecule has 2 nitrogen and oxygen atoms in total. The van der Waals surface area contributed by atoms with Crippen molar-refractivity contribution in [3.63, 3.8) is 0 Å². The number of unbranched alkanes of at least 4 members (excludes halogenated alkanes) is 1. The number of rotatable bonds is 4. The van der Waals surface area contributed by atoms with Crippen molar-refractivity contribution < 1.29 is 22.5 Å². The number of aryl methyl sites for hydroxylation is 1. The van der Waals surface area contributed by atoms with Crippen molar-refractivity contribution in [3.8, 4) is 0 Å². The Hall–Kier alpha value is -0.860. The molecular weight excluding hydrogens is 198 g/mol. The minimum absolute atomic E-state index is 0. The van der Waals surface area contributed by atoms with Crippen LogP contribution in [0.15, 0.2) is 31.1 Å². The van der Waals surface area contributed by atoms with Gasteiger partial charge in [-0.25, -0.2) is 4.57 Å². The number of nitrogens with zero attached hydrogens (tertiary/aromatic N) is 1. The van der Waals surface area contributed by atoms with Crippen LogP contribution in [0.2, 0.25) is 0 Å². The Morgan fingerprint density at radius 2 is 1.93 bits per heavy atom. The summed E-state index contributed by atoms with van der Waals surface area (Å²) in [5.41, 5.74) is 1.18. The normalized spacial score (nSPS) is 8.36. The Morgan fingerprint density at radius 1 is 1.36 bits per heavy atom. The van der Waals surface area contributed by atoms with Crippen molar-refractivity contribution in [2.75, 3.05) is 0 Å². The summed E-state index contributed by atoms with van der Waals surface area (Å²) in [6, 6.07) is 4.17. The Balaban J connectivity index is 0. The molecule has 0 fully saturated rings. The summed E-state index contributed by atoms with van der Waals surface area (Å²) >= 11 is 0. The molecule has 1 heterocycles. The standard InChI is InChI=1S/C11H16N.ClH.H2O/c1-3-5-8-12-9-6-11(4-2)7-10-12;;/h4,6-7,9-10H,2-3,5,8H2,1H3;1H;1H2/q+1;;/p-1. The van der Waals surface area contributed by atoms with Crippen molar-refractivity contribution in [1.82, 2.24) is 0 Å². The highest BCUT2D eigenvalue weighted by Crippen LogP contribution is 1.96. The van der Waals surface area contributed by atoms with E-state index in [1.54, 1.807) is 0 Å². The number of aromatic nitrogens is 1. The maximum Gasteiger partial charge on any atom is 0.169 e. The molecule has 0 bridgehead atoms. The molecule has 1 aromatic heterocycles. The Morgan fingerprint density at radius 3 is 2.36 bits per heavy atom. The maximum atomic E-state index is 3.71. The van der Waals surface area contributed by atoms with Gasteiger partial charge < -0.3 is 17.9 Å². The summed E-state index contributed by atoms with van der Waals surface area (Å²) in [5, 5.41) is 0. The Labute approximate surface area is 92.0 Å². The van der Waals surface area contributed by atoms with Crippen LogP contribution in [0.3, 0.4) is 0 Å². The fourth-order valence-electron chi connectivity index (χ4n) is 1.09. The number of pyridine rings is 1. The van der Waals surface area contributed by atoms with Gasteiger partial charge in [-0.3, -0.25) is 0 Å². The molecule has 2 N–H and O–H groups in total. The molecule has 0 aliphatic rings. The van der Waals surface area contributed by atoms with E-state index in [0.29, 0.717) is 0 Å². The molecule has 0 aliphatic heterocycles. The van der Waals surface area contributed by atoms with Crippen LogP contribution in [-0.2, 0) is 6.54 Å². The summed E-state index contributed by atoms with van der Waals surface area (Å²) in [6.07, 6.45) is 8.57. The largest absolute Gasteiger partial charge is 1.00 e. The van der Waals surface area contributed by atoms with E-state index < -0.39 is 0 Å². The van der Waals surface area contributed by atoms with Crippen LogP contribution < -0.4 is 17.0 Å². The fraction of sp³-hybridized carbons (Fsp3) is 0.364. The highest BCUT2D eigenvalue weighted by molar-refractivity contribution is 5.44. The highest BCUT2D eigenvalue weighted by atomic mass is 35.5. The van der Waals surface area contributed by atoms with Gasteiger partial charge in [-0.05, 0) is 5.56 Å². The molecule has 0 saturated carbocycles. The van der Waals surface area contributed by atoms with E-state index in [1.807, 2.05) is 6.08 Å². The molecule has 0 saturated heterocycles. The second kappa shape index (κ2) is 8.73. The van der Waals surface area contributed by atoms with E-state index in [1.165, 1.54) is 18.4 Å². The number of hydrogen-bond acceptors (Lipinski definition) is 0. The monoisotopic (exact) mass is 215 g/mol. The molecule has 0 radical (unpaired) electrons. The van der Waals surface area contributed by atoms with E-state index in [9.17, 15) is 0 Å². The van der Waals surface area contributed by atoms with Gasteiger partial charge in [-0.2, -0.15) is 0 Å². The predicted molar refractivity (Wildman–Crippen MR) is 55.2 cm³/mol. The first kappa shape index (κ1) is 15.6. The third kappa shape index (κ3) is 5.00. The Kier molecular flexibility index (Phi) is 9.73. The lowest BCUT2D eigenvalue weighted by Gasteiger charge is -1.94. The van der Waals surface area contributed by atoms with Gasteiger partial charge in [0.2, 0.25) is 0 Å². The molecule has 0 spiro atoms. The van der Waals surface area contributed by atoms with E-state index in [4.69, 9.17) is 0 Å². The van der Waals surface area contributed by atoms with Crippen molar-refractivity contribution in [3.05, 3.63) is 36.7 Å². The van der Waals surface area contributed by atoms with Crippen LogP contribution in [0.25, 0.3) is 6.08 Å². The summed E-state index contributed by atoms with van der Waals surface area (Å²) in [5.74, 6) is 0.